The molecule has 0 amide bonds. The predicted octanol–water partition coefficient (Wildman–Crippen LogP) is 1.60. The average Bonchev–Trinajstić information content (AvgIpc) is 2.64. The highest BCUT2D eigenvalue weighted by Crippen LogP contribution is 2.34. The first kappa shape index (κ1) is 13.5. The van der Waals surface area contributed by atoms with Crippen LogP contribution >= 0.6 is 0 Å². The highest BCUT2D eigenvalue weighted by Gasteiger charge is 2.37. The molecule has 1 heterocycles. The van der Waals surface area contributed by atoms with Crippen LogP contribution in [0.5, 0.6) is 0 Å². The van der Waals surface area contributed by atoms with E-state index in [1.165, 1.54) is 19.3 Å². The highest BCUT2D eigenvalue weighted by molar-refractivity contribution is 5.06. The SMILES string of the molecule is Cc1nnc(C(N)C2(O)CCCCCCC2)n1C. The lowest BCUT2D eigenvalue weighted by molar-refractivity contribution is -0.0141. The van der Waals surface area contributed by atoms with Crippen molar-refractivity contribution in [2.75, 3.05) is 0 Å². The van der Waals surface area contributed by atoms with Crippen LogP contribution in [-0.2, 0) is 7.05 Å². The minimum absolute atomic E-state index is 0.443. The second-order valence-electron chi connectivity index (χ2n) is 5.51. The molecule has 3 N–H and O–H groups in total. The third-order valence-electron chi connectivity index (χ3n) is 4.20. The molecule has 0 saturated heterocycles. The van der Waals surface area contributed by atoms with Crippen LogP contribution in [0, 0.1) is 6.92 Å². The molecule has 102 valence electrons. The largest absolute Gasteiger partial charge is 0.388 e. The third-order valence-corrected chi connectivity index (χ3v) is 4.20. The molecule has 5 nitrogen and oxygen atoms in total. The standard InChI is InChI=1S/C13H24N4O/c1-10-15-16-12(17(10)2)11(14)13(18)8-6-4-3-5-7-9-13/h11,18H,3-9,14H2,1-2H3. The molecule has 0 aliphatic heterocycles. The van der Waals surface area contributed by atoms with Crippen LogP contribution in [0.2, 0.25) is 0 Å². The predicted molar refractivity (Wildman–Crippen MR) is 69.9 cm³/mol. The summed E-state index contributed by atoms with van der Waals surface area (Å²) >= 11 is 0. The number of rotatable bonds is 2. The summed E-state index contributed by atoms with van der Waals surface area (Å²) in [7, 11) is 1.90. The van der Waals surface area contributed by atoms with E-state index < -0.39 is 11.6 Å². The number of hydrogen-bond donors (Lipinski definition) is 2. The molecule has 1 aromatic heterocycles. The maximum absolute atomic E-state index is 10.8. The fourth-order valence-corrected chi connectivity index (χ4v) is 2.76. The van der Waals surface area contributed by atoms with Crippen molar-refractivity contribution in [1.82, 2.24) is 14.8 Å². The van der Waals surface area contributed by atoms with Crippen molar-refractivity contribution in [3.63, 3.8) is 0 Å². The molecule has 0 bridgehead atoms. The van der Waals surface area contributed by atoms with Gasteiger partial charge in [-0.2, -0.15) is 0 Å². The van der Waals surface area contributed by atoms with E-state index in [9.17, 15) is 5.11 Å². The molecule has 1 saturated carbocycles. The molecule has 1 unspecified atom stereocenters. The zero-order chi connectivity index (χ0) is 13.2. The van der Waals surface area contributed by atoms with E-state index in [-0.39, 0.29) is 0 Å². The Labute approximate surface area is 108 Å². The first-order chi connectivity index (χ1) is 8.54. The van der Waals surface area contributed by atoms with Crippen molar-refractivity contribution in [2.24, 2.45) is 12.8 Å². The fraction of sp³-hybridized carbons (Fsp3) is 0.846. The van der Waals surface area contributed by atoms with E-state index in [2.05, 4.69) is 10.2 Å². The topological polar surface area (TPSA) is 77.0 Å². The lowest BCUT2D eigenvalue weighted by atomic mass is 9.81. The Morgan fingerprint density at radius 2 is 1.72 bits per heavy atom. The maximum Gasteiger partial charge on any atom is 0.152 e. The van der Waals surface area contributed by atoms with Gasteiger partial charge < -0.3 is 15.4 Å². The van der Waals surface area contributed by atoms with E-state index in [1.807, 2.05) is 18.5 Å². The van der Waals surface area contributed by atoms with Gasteiger partial charge in [0.15, 0.2) is 5.82 Å². The number of aromatic nitrogens is 3. The van der Waals surface area contributed by atoms with Gasteiger partial charge in [-0.15, -0.1) is 10.2 Å². The van der Waals surface area contributed by atoms with Gasteiger partial charge in [-0.1, -0.05) is 32.1 Å². The van der Waals surface area contributed by atoms with Crippen LogP contribution in [0.25, 0.3) is 0 Å². The maximum atomic E-state index is 10.8. The Balaban J connectivity index is 2.19. The molecule has 0 aromatic carbocycles. The van der Waals surface area contributed by atoms with Crippen molar-refractivity contribution in [1.29, 1.82) is 0 Å². The van der Waals surface area contributed by atoms with Crippen molar-refractivity contribution >= 4 is 0 Å². The molecule has 1 fully saturated rings. The number of nitrogens with two attached hydrogens (primary N) is 1. The molecule has 2 rings (SSSR count). The zero-order valence-electron chi connectivity index (χ0n) is 11.4. The number of aryl methyl sites for hydroxylation is 1. The van der Waals surface area contributed by atoms with Crippen molar-refractivity contribution in [3.05, 3.63) is 11.6 Å². The van der Waals surface area contributed by atoms with E-state index in [0.717, 1.165) is 31.5 Å². The van der Waals surface area contributed by atoms with Gasteiger partial charge in [-0.3, -0.25) is 0 Å². The Kier molecular flexibility index (Phi) is 4.02. The Bertz CT molecular complexity index is 394. The van der Waals surface area contributed by atoms with Crippen molar-refractivity contribution < 1.29 is 5.11 Å². The first-order valence-electron chi connectivity index (χ1n) is 6.88. The molecule has 0 radical (unpaired) electrons. The highest BCUT2D eigenvalue weighted by atomic mass is 16.3. The second kappa shape index (κ2) is 5.36. The van der Waals surface area contributed by atoms with Gasteiger partial charge in [0.25, 0.3) is 0 Å². The van der Waals surface area contributed by atoms with Crippen LogP contribution in [0.15, 0.2) is 0 Å². The lowest BCUT2D eigenvalue weighted by Crippen LogP contribution is -2.43. The minimum atomic E-state index is -0.826. The van der Waals surface area contributed by atoms with E-state index in [1.54, 1.807) is 0 Å². The Morgan fingerprint density at radius 1 is 1.17 bits per heavy atom. The summed E-state index contributed by atoms with van der Waals surface area (Å²) < 4.78 is 1.88. The van der Waals surface area contributed by atoms with Gasteiger partial charge in [0.2, 0.25) is 0 Å². The summed E-state index contributed by atoms with van der Waals surface area (Å²) in [6, 6.07) is -0.443. The van der Waals surface area contributed by atoms with E-state index in [0.29, 0.717) is 5.82 Å². The van der Waals surface area contributed by atoms with Crippen molar-refractivity contribution in [3.8, 4) is 0 Å². The van der Waals surface area contributed by atoms with Gasteiger partial charge in [-0.25, -0.2) is 0 Å². The molecule has 1 aliphatic rings. The summed E-state index contributed by atoms with van der Waals surface area (Å²) in [5, 5.41) is 19.0. The van der Waals surface area contributed by atoms with Gasteiger partial charge >= 0.3 is 0 Å². The number of nitrogens with zero attached hydrogens (tertiary/aromatic N) is 3. The Hall–Kier alpha value is -0.940. The molecule has 1 aliphatic carbocycles. The normalized spacial score (nSPS) is 22.2. The fourth-order valence-electron chi connectivity index (χ4n) is 2.76. The molecular formula is C13H24N4O. The van der Waals surface area contributed by atoms with Crippen LogP contribution < -0.4 is 5.73 Å². The average molecular weight is 252 g/mol. The lowest BCUT2D eigenvalue weighted by Gasteiger charge is -2.34. The molecule has 18 heavy (non-hydrogen) atoms. The monoisotopic (exact) mass is 252 g/mol. The summed E-state index contributed by atoms with van der Waals surface area (Å²) in [6.45, 7) is 1.89. The number of hydrogen-bond acceptors (Lipinski definition) is 4. The van der Waals surface area contributed by atoms with Crippen LogP contribution in [-0.4, -0.2) is 25.5 Å². The molecule has 0 spiro atoms. The summed E-state index contributed by atoms with van der Waals surface area (Å²) in [4.78, 5) is 0. The summed E-state index contributed by atoms with van der Waals surface area (Å²) in [6.07, 6.45) is 7.26. The van der Waals surface area contributed by atoms with E-state index >= 15 is 0 Å². The van der Waals surface area contributed by atoms with Crippen LogP contribution in [0.1, 0.15) is 62.6 Å². The van der Waals surface area contributed by atoms with Gasteiger partial charge in [0.1, 0.15) is 5.82 Å². The van der Waals surface area contributed by atoms with E-state index in [4.69, 9.17) is 5.73 Å². The first-order valence-corrected chi connectivity index (χ1v) is 6.88. The number of aliphatic hydroxyl groups is 1. The Morgan fingerprint density at radius 3 is 2.22 bits per heavy atom. The molecule has 5 heteroatoms. The molecule has 1 aromatic rings. The minimum Gasteiger partial charge on any atom is -0.388 e. The third kappa shape index (κ3) is 2.57. The zero-order valence-corrected chi connectivity index (χ0v) is 11.4. The molecule has 1 atom stereocenters. The second-order valence-corrected chi connectivity index (χ2v) is 5.51. The van der Waals surface area contributed by atoms with Crippen LogP contribution in [0.3, 0.4) is 0 Å². The van der Waals surface area contributed by atoms with Gasteiger partial charge in [0.05, 0.1) is 11.6 Å². The summed E-state index contributed by atoms with van der Waals surface area (Å²) in [5.74, 6) is 1.52. The van der Waals surface area contributed by atoms with Crippen molar-refractivity contribution in [2.45, 2.75) is 63.5 Å². The molecular weight excluding hydrogens is 228 g/mol. The smallest absolute Gasteiger partial charge is 0.152 e. The summed E-state index contributed by atoms with van der Waals surface area (Å²) in [5.41, 5.74) is 5.44. The van der Waals surface area contributed by atoms with Gasteiger partial charge in [-0.05, 0) is 19.8 Å². The van der Waals surface area contributed by atoms with Gasteiger partial charge in [0, 0.05) is 7.05 Å². The van der Waals surface area contributed by atoms with Crippen LogP contribution in [0.4, 0.5) is 0 Å². The quantitative estimate of drug-likeness (QED) is 0.838.